The number of carbonyl (C=O) groups excluding carboxylic acids is 1. The molecule has 0 saturated heterocycles. The van der Waals surface area contributed by atoms with Crippen LogP contribution in [0.3, 0.4) is 0 Å². The van der Waals surface area contributed by atoms with E-state index in [-0.39, 0.29) is 18.7 Å². The standard InChI is InChI=1S/C9H13F2N3O2/c1-6-7(4-12-13-6)9(16)14(2-3-15)5-8(10)11/h4,8,15H,2-3,5H2,1H3,(H,12,13). The normalized spacial score (nSPS) is 10.8. The van der Waals surface area contributed by atoms with E-state index in [9.17, 15) is 13.6 Å². The third kappa shape index (κ3) is 2.99. The summed E-state index contributed by atoms with van der Waals surface area (Å²) in [4.78, 5) is 12.7. The molecule has 1 aromatic rings. The van der Waals surface area contributed by atoms with Crippen LogP contribution in [0.4, 0.5) is 8.78 Å². The molecule has 1 aromatic heterocycles. The minimum absolute atomic E-state index is 0.117. The number of rotatable bonds is 5. The van der Waals surface area contributed by atoms with Crippen molar-refractivity contribution in [1.29, 1.82) is 0 Å². The van der Waals surface area contributed by atoms with E-state index in [4.69, 9.17) is 5.11 Å². The average molecular weight is 233 g/mol. The molecule has 2 N–H and O–H groups in total. The first-order chi connectivity index (χ1) is 7.56. The molecule has 0 aliphatic rings. The molecule has 0 unspecified atom stereocenters. The number of carbonyl (C=O) groups is 1. The second-order valence-corrected chi connectivity index (χ2v) is 3.27. The molecule has 1 amide bonds. The summed E-state index contributed by atoms with van der Waals surface area (Å²) in [5, 5.41) is 14.9. The molecular weight excluding hydrogens is 220 g/mol. The van der Waals surface area contributed by atoms with Crippen molar-refractivity contribution in [2.75, 3.05) is 19.7 Å². The van der Waals surface area contributed by atoms with Crippen LogP contribution >= 0.6 is 0 Å². The Hall–Kier alpha value is -1.50. The van der Waals surface area contributed by atoms with Crippen molar-refractivity contribution in [3.05, 3.63) is 17.5 Å². The lowest BCUT2D eigenvalue weighted by Crippen LogP contribution is -2.37. The van der Waals surface area contributed by atoms with Gasteiger partial charge in [-0.3, -0.25) is 9.89 Å². The fourth-order valence-electron chi connectivity index (χ4n) is 1.30. The molecule has 7 heteroatoms. The Balaban J connectivity index is 2.78. The van der Waals surface area contributed by atoms with Gasteiger partial charge in [0, 0.05) is 12.2 Å². The number of nitrogens with zero attached hydrogens (tertiary/aromatic N) is 2. The van der Waals surface area contributed by atoms with Crippen LogP contribution in [0.2, 0.25) is 0 Å². The maximum absolute atomic E-state index is 12.2. The number of aliphatic hydroxyl groups excluding tert-OH is 1. The van der Waals surface area contributed by atoms with E-state index >= 15 is 0 Å². The minimum atomic E-state index is -2.62. The molecule has 0 spiro atoms. The number of hydrogen-bond donors (Lipinski definition) is 2. The predicted molar refractivity (Wildman–Crippen MR) is 52.3 cm³/mol. The summed E-state index contributed by atoms with van der Waals surface area (Å²) >= 11 is 0. The van der Waals surface area contributed by atoms with Crippen LogP contribution in [-0.4, -0.2) is 52.2 Å². The van der Waals surface area contributed by atoms with Crippen LogP contribution in [0, 0.1) is 6.92 Å². The van der Waals surface area contributed by atoms with Crippen molar-refractivity contribution in [3.63, 3.8) is 0 Å². The first-order valence-corrected chi connectivity index (χ1v) is 4.74. The molecule has 0 saturated carbocycles. The number of amides is 1. The van der Waals surface area contributed by atoms with Gasteiger partial charge in [-0.15, -0.1) is 0 Å². The highest BCUT2D eigenvalue weighted by molar-refractivity contribution is 5.95. The van der Waals surface area contributed by atoms with E-state index in [0.29, 0.717) is 5.69 Å². The molecule has 0 aromatic carbocycles. The Morgan fingerprint density at radius 1 is 1.69 bits per heavy atom. The summed E-state index contributed by atoms with van der Waals surface area (Å²) in [6.07, 6.45) is -1.34. The molecule has 0 aliphatic heterocycles. The zero-order valence-electron chi connectivity index (χ0n) is 8.78. The smallest absolute Gasteiger partial charge is 0.257 e. The Kier molecular flexibility index (Phi) is 4.36. The van der Waals surface area contributed by atoms with Gasteiger partial charge in [-0.2, -0.15) is 5.10 Å². The second-order valence-electron chi connectivity index (χ2n) is 3.27. The van der Waals surface area contributed by atoms with E-state index in [2.05, 4.69) is 10.2 Å². The largest absolute Gasteiger partial charge is 0.395 e. The molecule has 0 atom stereocenters. The summed E-state index contributed by atoms with van der Waals surface area (Å²) in [6, 6.07) is 0. The molecule has 16 heavy (non-hydrogen) atoms. The zero-order chi connectivity index (χ0) is 12.1. The van der Waals surface area contributed by atoms with E-state index in [1.54, 1.807) is 6.92 Å². The first kappa shape index (κ1) is 12.6. The summed E-state index contributed by atoms with van der Waals surface area (Å²) in [5.41, 5.74) is 0.760. The molecule has 0 radical (unpaired) electrons. The topological polar surface area (TPSA) is 69.2 Å². The van der Waals surface area contributed by atoms with Gasteiger partial charge in [0.2, 0.25) is 0 Å². The van der Waals surface area contributed by atoms with Crippen molar-refractivity contribution in [2.45, 2.75) is 13.3 Å². The van der Waals surface area contributed by atoms with Crippen molar-refractivity contribution < 1.29 is 18.7 Å². The van der Waals surface area contributed by atoms with Gasteiger partial charge in [-0.05, 0) is 6.92 Å². The van der Waals surface area contributed by atoms with Gasteiger partial charge >= 0.3 is 0 Å². The van der Waals surface area contributed by atoms with Crippen molar-refractivity contribution in [1.82, 2.24) is 15.1 Å². The van der Waals surface area contributed by atoms with Gasteiger partial charge < -0.3 is 10.0 Å². The van der Waals surface area contributed by atoms with E-state index < -0.39 is 18.9 Å². The lowest BCUT2D eigenvalue weighted by molar-refractivity contribution is 0.0508. The Morgan fingerprint density at radius 2 is 2.38 bits per heavy atom. The van der Waals surface area contributed by atoms with Crippen LogP contribution in [-0.2, 0) is 0 Å². The Morgan fingerprint density at radius 3 is 2.81 bits per heavy atom. The number of aromatic amines is 1. The highest BCUT2D eigenvalue weighted by Gasteiger charge is 2.21. The third-order valence-corrected chi connectivity index (χ3v) is 2.08. The lowest BCUT2D eigenvalue weighted by atomic mass is 10.2. The monoisotopic (exact) mass is 233 g/mol. The minimum Gasteiger partial charge on any atom is -0.395 e. The SMILES string of the molecule is Cc1[nH]ncc1C(=O)N(CCO)CC(F)F. The van der Waals surface area contributed by atoms with Gasteiger partial charge in [-0.1, -0.05) is 0 Å². The molecule has 1 heterocycles. The van der Waals surface area contributed by atoms with Gasteiger partial charge in [0.25, 0.3) is 12.3 Å². The van der Waals surface area contributed by atoms with Crippen LogP contribution in [0.5, 0.6) is 0 Å². The van der Waals surface area contributed by atoms with Gasteiger partial charge in [0.15, 0.2) is 0 Å². The van der Waals surface area contributed by atoms with E-state index in [1.807, 2.05) is 0 Å². The first-order valence-electron chi connectivity index (χ1n) is 4.74. The molecule has 1 rings (SSSR count). The summed E-state index contributed by atoms with van der Waals surface area (Å²) < 4.78 is 24.4. The van der Waals surface area contributed by atoms with Crippen molar-refractivity contribution in [2.24, 2.45) is 0 Å². The summed E-state index contributed by atoms with van der Waals surface area (Å²) in [7, 11) is 0. The summed E-state index contributed by atoms with van der Waals surface area (Å²) in [5.74, 6) is -0.555. The number of aromatic nitrogens is 2. The van der Waals surface area contributed by atoms with Crippen molar-refractivity contribution >= 4 is 5.91 Å². The molecule has 90 valence electrons. The number of alkyl halides is 2. The third-order valence-electron chi connectivity index (χ3n) is 2.08. The van der Waals surface area contributed by atoms with Gasteiger partial charge in [0.05, 0.1) is 24.9 Å². The number of H-pyrrole nitrogens is 1. The molecular formula is C9H13F2N3O2. The zero-order valence-corrected chi connectivity index (χ0v) is 8.78. The van der Waals surface area contributed by atoms with E-state index in [0.717, 1.165) is 4.90 Å². The second kappa shape index (κ2) is 5.55. The maximum Gasteiger partial charge on any atom is 0.257 e. The maximum atomic E-state index is 12.2. The number of aliphatic hydroxyl groups is 1. The van der Waals surface area contributed by atoms with Gasteiger partial charge in [0.1, 0.15) is 0 Å². The fraction of sp³-hybridized carbons (Fsp3) is 0.556. The van der Waals surface area contributed by atoms with Crippen molar-refractivity contribution in [3.8, 4) is 0 Å². The molecule has 0 bridgehead atoms. The van der Waals surface area contributed by atoms with Crippen LogP contribution < -0.4 is 0 Å². The Bertz CT molecular complexity index is 354. The lowest BCUT2D eigenvalue weighted by Gasteiger charge is -2.20. The summed E-state index contributed by atoms with van der Waals surface area (Å²) in [6.45, 7) is 0.465. The quantitative estimate of drug-likeness (QED) is 0.774. The molecule has 5 nitrogen and oxygen atoms in total. The average Bonchev–Trinajstić information content (AvgIpc) is 2.62. The highest BCUT2D eigenvalue weighted by Crippen LogP contribution is 2.09. The van der Waals surface area contributed by atoms with Crippen LogP contribution in [0.25, 0.3) is 0 Å². The highest BCUT2D eigenvalue weighted by atomic mass is 19.3. The van der Waals surface area contributed by atoms with Crippen LogP contribution in [0.15, 0.2) is 6.20 Å². The fourth-order valence-corrected chi connectivity index (χ4v) is 1.30. The number of hydrogen-bond acceptors (Lipinski definition) is 3. The number of aryl methyl sites for hydroxylation is 1. The number of nitrogens with one attached hydrogen (secondary N) is 1. The van der Waals surface area contributed by atoms with Gasteiger partial charge in [-0.25, -0.2) is 8.78 Å². The molecule has 0 aliphatic carbocycles. The number of halogens is 2. The van der Waals surface area contributed by atoms with Crippen LogP contribution in [0.1, 0.15) is 16.1 Å². The predicted octanol–water partition coefficient (Wildman–Crippen LogP) is 0.418. The Labute approximate surface area is 91.1 Å². The molecule has 0 fully saturated rings. The van der Waals surface area contributed by atoms with E-state index in [1.165, 1.54) is 6.20 Å².